The fourth-order valence-corrected chi connectivity index (χ4v) is 3.96. The van der Waals surface area contributed by atoms with Gasteiger partial charge in [0.05, 0.1) is 24.8 Å². The van der Waals surface area contributed by atoms with Gasteiger partial charge in [-0.25, -0.2) is 8.42 Å². The van der Waals surface area contributed by atoms with Crippen LogP contribution in [0.2, 0.25) is 0 Å². The van der Waals surface area contributed by atoms with Crippen molar-refractivity contribution in [1.29, 1.82) is 0 Å². The molecule has 3 rings (SSSR count). The molecule has 0 atom stereocenters. The number of ether oxygens (including phenoxy) is 2. The average Bonchev–Trinajstić information content (AvgIpc) is 2.78. The number of amides is 1. The number of methoxy groups -OCH3 is 2. The van der Waals surface area contributed by atoms with E-state index in [4.69, 9.17) is 9.47 Å². The molecule has 0 aliphatic heterocycles. The molecule has 32 heavy (non-hydrogen) atoms. The van der Waals surface area contributed by atoms with Crippen LogP contribution in [0.3, 0.4) is 0 Å². The van der Waals surface area contributed by atoms with Gasteiger partial charge in [-0.3, -0.25) is 9.52 Å². The number of sulfonamides is 1. The Morgan fingerprint density at radius 1 is 0.906 bits per heavy atom. The smallest absolute Gasteiger partial charge is 0.261 e. The molecule has 3 aromatic rings. The van der Waals surface area contributed by atoms with Crippen molar-refractivity contribution in [2.45, 2.75) is 11.8 Å². The maximum atomic E-state index is 12.6. The van der Waals surface area contributed by atoms with Gasteiger partial charge in [-0.15, -0.1) is 0 Å². The minimum absolute atomic E-state index is 0.111. The lowest BCUT2D eigenvalue weighted by Crippen LogP contribution is -2.12. The Balaban J connectivity index is 1.66. The largest absolute Gasteiger partial charge is 0.497 e. The predicted octanol–water partition coefficient (Wildman–Crippen LogP) is 4.46. The molecule has 1 amide bonds. The maximum absolute atomic E-state index is 12.6. The second-order valence-electron chi connectivity index (χ2n) is 6.93. The van der Waals surface area contributed by atoms with E-state index in [-0.39, 0.29) is 10.8 Å². The van der Waals surface area contributed by atoms with E-state index in [9.17, 15) is 13.2 Å². The van der Waals surface area contributed by atoms with Crippen molar-refractivity contribution in [3.63, 3.8) is 0 Å². The lowest BCUT2D eigenvalue weighted by Gasteiger charge is -2.10. The molecule has 0 aliphatic rings. The first-order valence-electron chi connectivity index (χ1n) is 9.71. The Kier molecular flexibility index (Phi) is 7.17. The van der Waals surface area contributed by atoms with E-state index in [0.29, 0.717) is 28.4 Å². The third-order valence-corrected chi connectivity index (χ3v) is 5.97. The zero-order valence-corrected chi connectivity index (χ0v) is 18.8. The van der Waals surface area contributed by atoms with E-state index in [1.54, 1.807) is 48.5 Å². The molecule has 0 spiro atoms. The predicted molar refractivity (Wildman–Crippen MR) is 126 cm³/mol. The molecule has 0 unspecified atom stereocenters. The van der Waals surface area contributed by atoms with Crippen molar-refractivity contribution >= 4 is 33.4 Å². The highest BCUT2D eigenvalue weighted by atomic mass is 32.2. The molecule has 0 bridgehead atoms. The molecule has 3 aromatic carbocycles. The van der Waals surface area contributed by atoms with Crippen LogP contribution in [-0.4, -0.2) is 28.5 Å². The SMILES string of the molecule is COc1ccc(NS(=O)(=O)c2ccc(/C=C/C(=O)Nc3cc(C)ccc3OC)cc2)cc1. The fourth-order valence-electron chi connectivity index (χ4n) is 2.90. The van der Waals surface area contributed by atoms with Crippen LogP contribution in [-0.2, 0) is 14.8 Å². The van der Waals surface area contributed by atoms with Crippen LogP contribution < -0.4 is 19.5 Å². The Labute approximate surface area is 187 Å². The third kappa shape index (κ3) is 5.89. The van der Waals surface area contributed by atoms with Crippen LogP contribution in [0, 0.1) is 6.92 Å². The zero-order valence-electron chi connectivity index (χ0n) is 18.0. The fraction of sp³-hybridized carbons (Fsp3) is 0.125. The summed E-state index contributed by atoms with van der Waals surface area (Å²) in [6.45, 7) is 1.92. The van der Waals surface area contributed by atoms with Gasteiger partial charge in [0.15, 0.2) is 0 Å². The Hall–Kier alpha value is -3.78. The van der Waals surface area contributed by atoms with Gasteiger partial charge in [-0.1, -0.05) is 18.2 Å². The van der Waals surface area contributed by atoms with Crippen molar-refractivity contribution in [2.24, 2.45) is 0 Å². The molecule has 0 fully saturated rings. The topological polar surface area (TPSA) is 93.7 Å². The molecule has 0 saturated carbocycles. The number of hydrogen-bond acceptors (Lipinski definition) is 5. The van der Waals surface area contributed by atoms with Crippen molar-refractivity contribution in [3.8, 4) is 11.5 Å². The van der Waals surface area contributed by atoms with Gasteiger partial charge >= 0.3 is 0 Å². The number of anilines is 2. The standard InChI is InChI=1S/C24H24N2O5S/c1-17-4-14-23(31-3)22(16-17)25-24(27)15-7-18-5-12-21(13-6-18)32(28,29)26-19-8-10-20(30-2)11-9-19/h4-16,26H,1-3H3,(H,25,27)/b15-7+. The quantitative estimate of drug-likeness (QED) is 0.492. The number of rotatable bonds is 8. The minimum atomic E-state index is -3.74. The highest BCUT2D eigenvalue weighted by molar-refractivity contribution is 7.92. The number of hydrogen-bond donors (Lipinski definition) is 2. The van der Waals surface area contributed by atoms with Gasteiger partial charge in [-0.05, 0) is 72.7 Å². The Morgan fingerprint density at radius 2 is 1.59 bits per heavy atom. The summed E-state index contributed by atoms with van der Waals surface area (Å²) in [6, 6.07) is 18.3. The van der Waals surface area contributed by atoms with Crippen LogP contribution in [0.4, 0.5) is 11.4 Å². The monoisotopic (exact) mass is 452 g/mol. The first-order chi connectivity index (χ1) is 15.3. The molecule has 0 saturated heterocycles. The molecule has 0 aliphatic carbocycles. The van der Waals surface area contributed by atoms with Gasteiger partial charge in [0.25, 0.3) is 10.0 Å². The van der Waals surface area contributed by atoms with Crippen molar-refractivity contribution in [3.05, 3.63) is 83.9 Å². The van der Waals surface area contributed by atoms with Gasteiger partial charge < -0.3 is 14.8 Å². The highest BCUT2D eigenvalue weighted by Gasteiger charge is 2.14. The third-order valence-electron chi connectivity index (χ3n) is 4.57. The molecular weight excluding hydrogens is 428 g/mol. The van der Waals surface area contributed by atoms with E-state index in [0.717, 1.165) is 5.56 Å². The summed E-state index contributed by atoms with van der Waals surface area (Å²) in [7, 11) is -0.665. The first kappa shape index (κ1) is 22.9. The molecule has 0 heterocycles. The average molecular weight is 453 g/mol. The van der Waals surface area contributed by atoms with E-state index in [2.05, 4.69) is 10.0 Å². The summed E-state index contributed by atoms with van der Waals surface area (Å²) < 4.78 is 38.0. The summed E-state index contributed by atoms with van der Waals surface area (Å²) in [4.78, 5) is 12.4. The molecule has 166 valence electrons. The highest BCUT2D eigenvalue weighted by Crippen LogP contribution is 2.25. The lowest BCUT2D eigenvalue weighted by atomic mass is 10.2. The number of nitrogens with one attached hydrogen (secondary N) is 2. The lowest BCUT2D eigenvalue weighted by molar-refractivity contribution is -0.111. The summed E-state index contributed by atoms with van der Waals surface area (Å²) in [6.07, 6.45) is 2.98. The maximum Gasteiger partial charge on any atom is 0.261 e. The molecular formula is C24H24N2O5S. The van der Waals surface area contributed by atoms with Gasteiger partial charge in [-0.2, -0.15) is 0 Å². The Bertz CT molecular complexity index is 1220. The van der Waals surface area contributed by atoms with E-state index in [1.807, 2.05) is 19.1 Å². The van der Waals surface area contributed by atoms with Gasteiger partial charge in [0.2, 0.25) is 5.91 Å². The van der Waals surface area contributed by atoms with Gasteiger partial charge in [0, 0.05) is 11.8 Å². The van der Waals surface area contributed by atoms with Crippen LogP contribution in [0.15, 0.2) is 77.7 Å². The first-order valence-corrected chi connectivity index (χ1v) is 11.2. The van der Waals surface area contributed by atoms with E-state index >= 15 is 0 Å². The van der Waals surface area contributed by atoms with Crippen LogP contribution in [0.5, 0.6) is 11.5 Å². The van der Waals surface area contributed by atoms with Crippen LogP contribution in [0.25, 0.3) is 6.08 Å². The summed E-state index contributed by atoms with van der Waals surface area (Å²) >= 11 is 0. The summed E-state index contributed by atoms with van der Waals surface area (Å²) in [5.41, 5.74) is 2.68. The molecule has 0 aromatic heterocycles. The van der Waals surface area contributed by atoms with E-state index in [1.165, 1.54) is 32.4 Å². The number of benzene rings is 3. The van der Waals surface area contributed by atoms with Crippen LogP contribution in [0.1, 0.15) is 11.1 Å². The number of carbonyl (C=O) groups excluding carboxylic acids is 1. The summed E-state index contributed by atoms with van der Waals surface area (Å²) in [5.74, 6) is 0.872. The molecule has 8 heteroatoms. The molecule has 7 nitrogen and oxygen atoms in total. The van der Waals surface area contributed by atoms with Crippen molar-refractivity contribution in [1.82, 2.24) is 0 Å². The zero-order chi connectivity index (χ0) is 23.1. The minimum Gasteiger partial charge on any atom is -0.497 e. The summed E-state index contributed by atoms with van der Waals surface area (Å²) in [5, 5.41) is 2.78. The number of aryl methyl sites for hydroxylation is 1. The normalized spacial score (nSPS) is 11.2. The Morgan fingerprint density at radius 3 is 2.22 bits per heavy atom. The van der Waals surface area contributed by atoms with Crippen LogP contribution >= 0.6 is 0 Å². The molecule has 0 radical (unpaired) electrons. The van der Waals surface area contributed by atoms with Crippen molar-refractivity contribution < 1.29 is 22.7 Å². The van der Waals surface area contributed by atoms with E-state index < -0.39 is 10.0 Å². The molecule has 2 N–H and O–H groups in total. The van der Waals surface area contributed by atoms with Gasteiger partial charge in [0.1, 0.15) is 11.5 Å². The second kappa shape index (κ2) is 10.0. The second-order valence-corrected chi connectivity index (χ2v) is 8.61. The van der Waals surface area contributed by atoms with Crippen molar-refractivity contribution in [2.75, 3.05) is 24.3 Å². The number of carbonyl (C=O) groups is 1.